The van der Waals surface area contributed by atoms with Gasteiger partial charge in [-0.2, -0.15) is 0 Å². The summed E-state index contributed by atoms with van der Waals surface area (Å²) in [6.07, 6.45) is 0.446. The maximum absolute atomic E-state index is 13.3. The molecule has 0 radical (unpaired) electrons. The van der Waals surface area contributed by atoms with Crippen LogP contribution >= 0.6 is 23.2 Å². The number of hydrogen-bond acceptors (Lipinski definition) is 3. The lowest BCUT2D eigenvalue weighted by Crippen LogP contribution is -2.50. The predicted octanol–water partition coefficient (Wildman–Crippen LogP) is 5.57. The van der Waals surface area contributed by atoms with Gasteiger partial charge in [0.25, 0.3) is 5.91 Å². The molecule has 0 fully saturated rings. The molecule has 0 bridgehead atoms. The van der Waals surface area contributed by atoms with Gasteiger partial charge in [-0.15, -0.1) is 0 Å². The van der Waals surface area contributed by atoms with Crippen molar-refractivity contribution in [1.82, 2.24) is 10.2 Å². The van der Waals surface area contributed by atoms with Crippen molar-refractivity contribution in [3.63, 3.8) is 0 Å². The summed E-state index contributed by atoms with van der Waals surface area (Å²) in [5.74, 6) is 0.426. The van der Waals surface area contributed by atoms with Gasteiger partial charge >= 0.3 is 0 Å². The molecule has 2 rings (SSSR count). The first-order chi connectivity index (χ1) is 15.1. The van der Waals surface area contributed by atoms with E-state index in [1.54, 1.807) is 18.2 Å². The van der Waals surface area contributed by atoms with Gasteiger partial charge in [-0.1, -0.05) is 62.2 Å². The lowest BCUT2D eigenvalue weighted by Gasteiger charge is -2.31. The summed E-state index contributed by atoms with van der Waals surface area (Å²) in [7, 11) is 0. The molecule has 0 aliphatic carbocycles. The molecule has 7 heteroatoms. The highest BCUT2D eigenvalue weighted by Crippen LogP contribution is 2.27. The minimum absolute atomic E-state index is 0.112. The van der Waals surface area contributed by atoms with E-state index < -0.39 is 6.04 Å². The molecular weight excluding hydrogens is 447 g/mol. The third-order valence-corrected chi connectivity index (χ3v) is 6.07. The van der Waals surface area contributed by atoms with Crippen molar-refractivity contribution >= 4 is 35.0 Å². The van der Waals surface area contributed by atoms with E-state index in [2.05, 4.69) is 5.32 Å². The molecule has 0 aliphatic heterocycles. The molecule has 5 nitrogen and oxygen atoms in total. The van der Waals surface area contributed by atoms with Crippen LogP contribution in [0.5, 0.6) is 5.75 Å². The van der Waals surface area contributed by atoms with Crippen LogP contribution in [0.2, 0.25) is 10.0 Å². The molecule has 1 atom stereocenters. The molecule has 2 aromatic carbocycles. The molecule has 0 aromatic heterocycles. The Balaban J connectivity index is 2.30. The van der Waals surface area contributed by atoms with Crippen LogP contribution in [0.3, 0.4) is 0 Å². The van der Waals surface area contributed by atoms with Crippen LogP contribution in [-0.2, 0) is 16.1 Å². The van der Waals surface area contributed by atoms with E-state index in [9.17, 15) is 9.59 Å². The third kappa shape index (κ3) is 6.88. The van der Waals surface area contributed by atoms with E-state index in [0.29, 0.717) is 40.2 Å². The summed E-state index contributed by atoms with van der Waals surface area (Å²) in [5.41, 5.74) is 2.66. The number of ether oxygens (including phenoxy) is 1. The molecular formula is C25H32Cl2N2O3. The Morgan fingerprint density at radius 1 is 1.06 bits per heavy atom. The Kier molecular flexibility index (Phi) is 9.85. The number of aryl methyl sites for hydroxylation is 1. The predicted molar refractivity (Wildman–Crippen MR) is 130 cm³/mol. The quantitative estimate of drug-likeness (QED) is 0.485. The Morgan fingerprint density at radius 3 is 2.28 bits per heavy atom. The highest BCUT2D eigenvalue weighted by atomic mass is 35.5. The average molecular weight is 479 g/mol. The van der Waals surface area contributed by atoms with Gasteiger partial charge in [0.1, 0.15) is 11.8 Å². The van der Waals surface area contributed by atoms with E-state index in [-0.39, 0.29) is 25.0 Å². The van der Waals surface area contributed by atoms with Crippen LogP contribution in [0.25, 0.3) is 0 Å². The zero-order valence-corrected chi connectivity index (χ0v) is 20.9. The maximum atomic E-state index is 13.3. The van der Waals surface area contributed by atoms with Crippen molar-refractivity contribution in [2.24, 2.45) is 5.92 Å². The lowest BCUT2D eigenvalue weighted by atomic mass is 10.1. The molecule has 0 unspecified atom stereocenters. The van der Waals surface area contributed by atoms with E-state index >= 15 is 0 Å². The molecule has 0 heterocycles. The second kappa shape index (κ2) is 12.1. The fourth-order valence-corrected chi connectivity index (χ4v) is 3.82. The monoisotopic (exact) mass is 478 g/mol. The fourth-order valence-electron chi connectivity index (χ4n) is 3.30. The number of benzene rings is 2. The molecule has 0 spiro atoms. The average Bonchev–Trinajstić information content (AvgIpc) is 2.74. The maximum Gasteiger partial charge on any atom is 0.261 e. The van der Waals surface area contributed by atoms with Gasteiger partial charge in [0.15, 0.2) is 6.61 Å². The molecule has 1 N–H and O–H groups in total. The van der Waals surface area contributed by atoms with Gasteiger partial charge in [0.05, 0.1) is 0 Å². The highest BCUT2D eigenvalue weighted by molar-refractivity contribution is 6.36. The summed E-state index contributed by atoms with van der Waals surface area (Å²) in [5, 5.41) is 3.83. The van der Waals surface area contributed by atoms with Gasteiger partial charge in [-0.3, -0.25) is 9.59 Å². The van der Waals surface area contributed by atoms with Crippen LogP contribution in [0, 0.1) is 19.8 Å². The fraction of sp³-hybridized carbons (Fsp3) is 0.440. The molecule has 0 saturated carbocycles. The van der Waals surface area contributed by atoms with Crippen molar-refractivity contribution in [3.8, 4) is 5.75 Å². The summed E-state index contributed by atoms with van der Waals surface area (Å²) in [6.45, 7) is 10.3. The number of nitrogens with zero attached hydrogens (tertiary/aromatic N) is 1. The second-order valence-electron chi connectivity index (χ2n) is 8.27. The first-order valence-corrected chi connectivity index (χ1v) is 11.6. The van der Waals surface area contributed by atoms with Crippen LogP contribution < -0.4 is 10.1 Å². The normalized spacial score (nSPS) is 11.9. The molecule has 32 heavy (non-hydrogen) atoms. The number of carbonyl (C=O) groups excluding carboxylic acids is 2. The summed E-state index contributed by atoms with van der Waals surface area (Å²) in [6, 6.07) is 10.2. The minimum atomic E-state index is -0.671. The summed E-state index contributed by atoms with van der Waals surface area (Å²) >= 11 is 12.7. The Labute approximate surface area is 201 Å². The molecule has 2 aromatic rings. The Hall–Kier alpha value is -2.24. The number of rotatable bonds is 10. The van der Waals surface area contributed by atoms with Crippen LogP contribution in [0.15, 0.2) is 36.4 Å². The van der Waals surface area contributed by atoms with E-state index in [1.165, 1.54) is 4.90 Å². The van der Waals surface area contributed by atoms with Crippen LogP contribution in [0.1, 0.15) is 43.9 Å². The van der Waals surface area contributed by atoms with Crippen molar-refractivity contribution < 1.29 is 14.3 Å². The van der Waals surface area contributed by atoms with Crippen molar-refractivity contribution in [3.05, 3.63) is 63.1 Å². The zero-order valence-electron chi connectivity index (χ0n) is 19.4. The molecule has 0 saturated heterocycles. The van der Waals surface area contributed by atoms with Crippen LogP contribution in [0.4, 0.5) is 0 Å². The van der Waals surface area contributed by atoms with Crippen LogP contribution in [-0.4, -0.2) is 35.9 Å². The first-order valence-electron chi connectivity index (χ1n) is 10.8. The smallest absolute Gasteiger partial charge is 0.261 e. The van der Waals surface area contributed by atoms with E-state index in [4.69, 9.17) is 27.9 Å². The largest absolute Gasteiger partial charge is 0.483 e. The molecule has 2 amide bonds. The van der Waals surface area contributed by atoms with Gasteiger partial charge in [-0.25, -0.2) is 0 Å². The standard InChI is InChI=1S/C25H32Cl2N2O3/c1-6-22(25(31)28-13-16(2)3)29(14-19-20(26)10-8-11-21(19)27)24(30)15-32-23-12-7-9-17(4)18(23)5/h7-12,16,22H,6,13-15H2,1-5H3,(H,28,31)/t22-/m0/s1. The second-order valence-corrected chi connectivity index (χ2v) is 9.09. The lowest BCUT2D eigenvalue weighted by molar-refractivity contribution is -0.143. The topological polar surface area (TPSA) is 58.6 Å². The number of halogens is 2. The van der Waals surface area contributed by atoms with Crippen molar-refractivity contribution in [2.75, 3.05) is 13.2 Å². The van der Waals surface area contributed by atoms with Crippen molar-refractivity contribution in [2.45, 2.75) is 53.6 Å². The zero-order chi connectivity index (χ0) is 23.8. The third-order valence-electron chi connectivity index (χ3n) is 5.37. The summed E-state index contributed by atoms with van der Waals surface area (Å²) < 4.78 is 5.84. The first kappa shape index (κ1) is 26.0. The highest BCUT2D eigenvalue weighted by Gasteiger charge is 2.30. The van der Waals surface area contributed by atoms with Gasteiger partial charge in [0, 0.05) is 28.7 Å². The molecule has 0 aliphatic rings. The van der Waals surface area contributed by atoms with E-state index in [1.807, 2.05) is 52.8 Å². The number of amides is 2. The number of nitrogens with one attached hydrogen (secondary N) is 1. The van der Waals surface area contributed by atoms with Gasteiger partial charge in [-0.05, 0) is 55.5 Å². The van der Waals surface area contributed by atoms with Crippen molar-refractivity contribution in [1.29, 1.82) is 0 Å². The SMILES string of the molecule is CC[C@@H](C(=O)NCC(C)C)N(Cc1c(Cl)cccc1Cl)C(=O)COc1cccc(C)c1C. The number of hydrogen-bond donors (Lipinski definition) is 1. The summed E-state index contributed by atoms with van der Waals surface area (Å²) in [4.78, 5) is 27.8. The molecule has 174 valence electrons. The van der Waals surface area contributed by atoms with E-state index in [0.717, 1.165) is 11.1 Å². The van der Waals surface area contributed by atoms with Gasteiger partial charge < -0.3 is 15.0 Å². The van der Waals surface area contributed by atoms with Gasteiger partial charge in [0.2, 0.25) is 5.91 Å². The number of carbonyl (C=O) groups is 2. The minimum Gasteiger partial charge on any atom is -0.483 e. The Morgan fingerprint density at radius 2 is 1.69 bits per heavy atom. The Bertz CT molecular complexity index is 927.